The van der Waals surface area contributed by atoms with Crippen LogP contribution in [0.4, 0.5) is 0 Å². The van der Waals surface area contributed by atoms with E-state index in [9.17, 15) is 9.59 Å². The fraction of sp³-hybridized carbons (Fsp3) is 0.667. The molecule has 4 nitrogen and oxygen atoms in total. The van der Waals surface area contributed by atoms with Crippen LogP contribution in [-0.2, 0) is 14.3 Å². The van der Waals surface area contributed by atoms with E-state index in [4.69, 9.17) is 0 Å². The van der Waals surface area contributed by atoms with Crippen LogP contribution in [0.5, 0.6) is 0 Å². The summed E-state index contributed by atoms with van der Waals surface area (Å²) in [6.45, 7) is 0.816. The standard InChI is InChI=1S/C6H9NO3/c1-7-3-2-5(8)10-6(9)4-7/h2-4H2,1H3. The Morgan fingerprint density at radius 2 is 2.10 bits per heavy atom. The summed E-state index contributed by atoms with van der Waals surface area (Å²) < 4.78 is 4.36. The minimum absolute atomic E-state index is 0.214. The van der Waals surface area contributed by atoms with Gasteiger partial charge in [-0.2, -0.15) is 0 Å². The molecule has 56 valence electrons. The van der Waals surface area contributed by atoms with Gasteiger partial charge in [0.05, 0.1) is 13.0 Å². The first-order valence-corrected chi connectivity index (χ1v) is 3.10. The highest BCUT2D eigenvalue weighted by molar-refractivity contribution is 5.87. The Labute approximate surface area is 58.8 Å². The molecule has 0 saturated carbocycles. The van der Waals surface area contributed by atoms with Crippen LogP contribution in [0.25, 0.3) is 0 Å². The molecule has 0 aliphatic carbocycles. The molecule has 0 bridgehead atoms. The highest BCUT2D eigenvalue weighted by atomic mass is 16.6. The number of nitrogens with zero attached hydrogens (tertiary/aromatic N) is 1. The maximum atomic E-state index is 10.6. The van der Waals surface area contributed by atoms with Gasteiger partial charge in [-0.3, -0.25) is 14.5 Å². The number of hydrogen-bond donors (Lipinski definition) is 0. The fourth-order valence-corrected chi connectivity index (χ4v) is 0.792. The van der Waals surface area contributed by atoms with Crippen molar-refractivity contribution in [2.45, 2.75) is 6.42 Å². The molecular formula is C6H9NO3. The topological polar surface area (TPSA) is 46.6 Å². The minimum Gasteiger partial charge on any atom is -0.392 e. The van der Waals surface area contributed by atoms with Crippen LogP contribution in [0, 0.1) is 0 Å². The second-order valence-corrected chi connectivity index (χ2v) is 2.33. The van der Waals surface area contributed by atoms with E-state index >= 15 is 0 Å². The zero-order valence-corrected chi connectivity index (χ0v) is 5.79. The summed E-state index contributed by atoms with van der Waals surface area (Å²) in [6, 6.07) is 0. The first-order valence-electron chi connectivity index (χ1n) is 3.10. The molecule has 0 spiro atoms. The van der Waals surface area contributed by atoms with Crippen LogP contribution >= 0.6 is 0 Å². The number of carbonyl (C=O) groups is 2. The number of esters is 2. The summed E-state index contributed by atoms with van der Waals surface area (Å²) in [5, 5.41) is 0. The fourth-order valence-electron chi connectivity index (χ4n) is 0.792. The number of carbonyl (C=O) groups excluding carboxylic acids is 2. The van der Waals surface area contributed by atoms with Crippen molar-refractivity contribution in [3.8, 4) is 0 Å². The molecule has 0 amide bonds. The quantitative estimate of drug-likeness (QED) is 0.335. The molecule has 0 N–H and O–H groups in total. The Bertz CT molecular complexity index is 166. The lowest BCUT2D eigenvalue weighted by Gasteiger charge is -2.07. The monoisotopic (exact) mass is 143 g/mol. The third-order valence-corrected chi connectivity index (χ3v) is 1.32. The maximum Gasteiger partial charge on any atom is 0.327 e. The lowest BCUT2D eigenvalue weighted by molar-refractivity contribution is -0.157. The summed E-state index contributed by atoms with van der Waals surface area (Å²) in [6.07, 6.45) is 0.308. The number of rotatable bonds is 0. The van der Waals surface area contributed by atoms with E-state index in [0.717, 1.165) is 0 Å². The predicted octanol–water partition coefficient (Wildman–Crippen LogP) is -0.608. The van der Waals surface area contributed by atoms with Gasteiger partial charge in [0.15, 0.2) is 0 Å². The molecule has 0 aromatic rings. The second kappa shape index (κ2) is 2.79. The van der Waals surface area contributed by atoms with Crippen molar-refractivity contribution < 1.29 is 14.3 Å². The summed E-state index contributed by atoms with van der Waals surface area (Å²) in [5.41, 5.74) is 0. The van der Waals surface area contributed by atoms with Crippen molar-refractivity contribution in [2.24, 2.45) is 0 Å². The zero-order chi connectivity index (χ0) is 7.56. The molecule has 1 aliphatic rings. The van der Waals surface area contributed by atoms with Gasteiger partial charge in [0.25, 0.3) is 0 Å². The molecule has 1 heterocycles. The van der Waals surface area contributed by atoms with E-state index < -0.39 is 11.9 Å². The zero-order valence-electron chi connectivity index (χ0n) is 5.79. The molecule has 0 atom stereocenters. The van der Waals surface area contributed by atoms with Gasteiger partial charge in [-0.25, -0.2) is 0 Å². The first-order chi connectivity index (χ1) is 4.68. The van der Waals surface area contributed by atoms with Gasteiger partial charge < -0.3 is 4.74 Å². The number of hydrogen-bond acceptors (Lipinski definition) is 4. The molecule has 10 heavy (non-hydrogen) atoms. The number of cyclic esters (lactones) is 2. The summed E-state index contributed by atoms with van der Waals surface area (Å²) in [7, 11) is 1.78. The molecule has 0 aromatic heterocycles. The predicted molar refractivity (Wildman–Crippen MR) is 33.2 cm³/mol. The molecular weight excluding hydrogens is 134 g/mol. The molecule has 4 heteroatoms. The van der Waals surface area contributed by atoms with E-state index in [-0.39, 0.29) is 6.54 Å². The Balaban J connectivity index is 2.54. The number of likely N-dealkylation sites (N-methyl/N-ethyl adjacent to an activating group) is 1. The van der Waals surface area contributed by atoms with E-state index in [1.165, 1.54) is 0 Å². The lowest BCUT2D eigenvalue weighted by atomic mass is 10.4. The molecule has 1 fully saturated rings. The normalized spacial score (nSPS) is 22.1. The molecule has 1 rings (SSSR count). The third kappa shape index (κ3) is 1.80. The van der Waals surface area contributed by atoms with E-state index in [1.807, 2.05) is 0 Å². The average Bonchev–Trinajstić information content (AvgIpc) is 1.93. The van der Waals surface area contributed by atoms with E-state index in [1.54, 1.807) is 11.9 Å². The van der Waals surface area contributed by atoms with Crippen LogP contribution in [0.3, 0.4) is 0 Å². The van der Waals surface area contributed by atoms with Crippen LogP contribution < -0.4 is 0 Å². The Hall–Kier alpha value is -0.900. The van der Waals surface area contributed by atoms with Gasteiger partial charge in [-0.05, 0) is 7.05 Å². The first kappa shape index (κ1) is 7.21. The van der Waals surface area contributed by atoms with Gasteiger partial charge in [0.1, 0.15) is 0 Å². The SMILES string of the molecule is CN1CCC(=O)OC(=O)C1. The summed E-state index contributed by atoms with van der Waals surface area (Å²) in [5.74, 6) is -0.876. The second-order valence-electron chi connectivity index (χ2n) is 2.33. The highest BCUT2D eigenvalue weighted by Crippen LogP contribution is 1.97. The van der Waals surface area contributed by atoms with E-state index in [2.05, 4.69) is 4.74 Å². The van der Waals surface area contributed by atoms with Gasteiger partial charge in [-0.15, -0.1) is 0 Å². The van der Waals surface area contributed by atoms with Crippen molar-refractivity contribution in [3.05, 3.63) is 0 Å². The molecule has 0 unspecified atom stereocenters. The van der Waals surface area contributed by atoms with Crippen molar-refractivity contribution in [2.75, 3.05) is 20.1 Å². The van der Waals surface area contributed by atoms with Crippen LogP contribution in [-0.4, -0.2) is 37.0 Å². The van der Waals surface area contributed by atoms with E-state index in [0.29, 0.717) is 13.0 Å². The third-order valence-electron chi connectivity index (χ3n) is 1.32. The van der Waals surface area contributed by atoms with Gasteiger partial charge >= 0.3 is 11.9 Å². The van der Waals surface area contributed by atoms with Crippen molar-refractivity contribution in [3.63, 3.8) is 0 Å². The van der Waals surface area contributed by atoms with Crippen molar-refractivity contribution in [1.82, 2.24) is 4.90 Å². The smallest absolute Gasteiger partial charge is 0.327 e. The Morgan fingerprint density at radius 3 is 2.80 bits per heavy atom. The maximum absolute atomic E-state index is 10.6. The van der Waals surface area contributed by atoms with Crippen LogP contribution in [0.1, 0.15) is 6.42 Å². The van der Waals surface area contributed by atoms with Gasteiger partial charge in [0, 0.05) is 6.54 Å². The van der Waals surface area contributed by atoms with Gasteiger partial charge in [-0.1, -0.05) is 0 Å². The molecule has 1 saturated heterocycles. The highest BCUT2D eigenvalue weighted by Gasteiger charge is 2.17. The van der Waals surface area contributed by atoms with Crippen molar-refractivity contribution in [1.29, 1.82) is 0 Å². The van der Waals surface area contributed by atoms with Gasteiger partial charge in [0.2, 0.25) is 0 Å². The molecule has 1 aliphatic heterocycles. The summed E-state index contributed by atoms with van der Waals surface area (Å²) >= 11 is 0. The lowest BCUT2D eigenvalue weighted by Crippen LogP contribution is -2.24. The van der Waals surface area contributed by atoms with Crippen LogP contribution in [0.15, 0.2) is 0 Å². The Morgan fingerprint density at radius 1 is 1.40 bits per heavy atom. The number of ether oxygens (including phenoxy) is 1. The largest absolute Gasteiger partial charge is 0.392 e. The average molecular weight is 143 g/mol. The van der Waals surface area contributed by atoms with Crippen LogP contribution in [0.2, 0.25) is 0 Å². The van der Waals surface area contributed by atoms with Crippen molar-refractivity contribution >= 4 is 11.9 Å². The summed E-state index contributed by atoms with van der Waals surface area (Å²) in [4.78, 5) is 22.9. The molecule has 0 aromatic carbocycles. The molecule has 0 radical (unpaired) electrons. The Kier molecular flexibility index (Phi) is 2.01. The minimum atomic E-state index is -0.454.